The van der Waals surface area contributed by atoms with Crippen LogP contribution in [0.15, 0.2) is 30.3 Å². The third-order valence-electron chi connectivity index (χ3n) is 2.33. The molecule has 6 heteroatoms. The van der Waals surface area contributed by atoms with E-state index < -0.39 is 17.5 Å². The molecule has 94 valence electrons. The minimum Gasteiger partial charge on any atom is -0.396 e. The maximum atomic E-state index is 13.4. The molecule has 0 spiro atoms. The fourth-order valence-electron chi connectivity index (χ4n) is 1.41. The van der Waals surface area contributed by atoms with Crippen LogP contribution in [0.5, 0.6) is 0 Å². The van der Waals surface area contributed by atoms with Crippen molar-refractivity contribution in [2.45, 2.75) is 0 Å². The molecule has 0 saturated heterocycles. The van der Waals surface area contributed by atoms with Crippen molar-refractivity contribution in [1.82, 2.24) is 0 Å². The summed E-state index contributed by atoms with van der Waals surface area (Å²) in [4.78, 5) is 0. The first-order valence-electron chi connectivity index (χ1n) is 4.94. The van der Waals surface area contributed by atoms with Crippen LogP contribution in [0.2, 0.25) is 5.02 Å². The number of halogens is 4. The lowest BCUT2D eigenvalue weighted by Crippen LogP contribution is -2.00. The van der Waals surface area contributed by atoms with E-state index in [9.17, 15) is 13.2 Å². The van der Waals surface area contributed by atoms with Crippen molar-refractivity contribution in [3.63, 3.8) is 0 Å². The van der Waals surface area contributed by atoms with Gasteiger partial charge in [-0.05, 0) is 12.1 Å². The molecule has 0 bridgehead atoms. The van der Waals surface area contributed by atoms with Gasteiger partial charge in [-0.3, -0.25) is 0 Å². The quantitative estimate of drug-likeness (QED) is 0.638. The van der Waals surface area contributed by atoms with Crippen LogP contribution in [0, 0.1) is 17.5 Å². The van der Waals surface area contributed by atoms with E-state index in [1.165, 1.54) is 0 Å². The van der Waals surface area contributed by atoms with E-state index in [0.29, 0.717) is 17.8 Å². The molecule has 0 amide bonds. The molecule has 0 fully saturated rings. The first kappa shape index (κ1) is 12.6. The molecule has 0 aliphatic rings. The normalized spacial score (nSPS) is 10.4. The van der Waals surface area contributed by atoms with E-state index in [0.717, 1.165) is 0 Å². The molecule has 18 heavy (non-hydrogen) atoms. The third kappa shape index (κ3) is 2.36. The summed E-state index contributed by atoms with van der Waals surface area (Å²) < 4.78 is 39.2. The highest BCUT2D eigenvalue weighted by Crippen LogP contribution is 2.30. The Morgan fingerprint density at radius 3 is 2.33 bits per heavy atom. The highest BCUT2D eigenvalue weighted by molar-refractivity contribution is 6.33. The first-order chi connectivity index (χ1) is 8.49. The number of rotatable bonds is 2. The van der Waals surface area contributed by atoms with Gasteiger partial charge in [0.2, 0.25) is 0 Å². The Bertz CT molecular complexity index is 602. The average molecular weight is 273 g/mol. The van der Waals surface area contributed by atoms with Gasteiger partial charge < -0.3 is 11.1 Å². The van der Waals surface area contributed by atoms with Crippen molar-refractivity contribution in [3.05, 3.63) is 52.8 Å². The molecule has 0 aromatic heterocycles. The summed E-state index contributed by atoms with van der Waals surface area (Å²) >= 11 is 5.78. The molecular formula is C12H8ClF3N2. The van der Waals surface area contributed by atoms with E-state index >= 15 is 0 Å². The zero-order valence-corrected chi connectivity index (χ0v) is 9.73. The van der Waals surface area contributed by atoms with Gasteiger partial charge in [0.25, 0.3) is 0 Å². The maximum Gasteiger partial charge on any atom is 0.161 e. The third-order valence-corrected chi connectivity index (χ3v) is 2.66. The second kappa shape index (κ2) is 4.78. The first-order valence-corrected chi connectivity index (χ1v) is 5.32. The number of benzene rings is 2. The number of nitrogens with one attached hydrogen (secondary N) is 1. The van der Waals surface area contributed by atoms with Gasteiger partial charge in [-0.15, -0.1) is 0 Å². The minimum atomic E-state index is -1.25. The predicted octanol–water partition coefficient (Wildman–Crippen LogP) is 4.08. The zero-order valence-electron chi connectivity index (χ0n) is 8.98. The number of anilines is 3. The lowest BCUT2D eigenvalue weighted by atomic mass is 10.2. The molecular weight excluding hydrogens is 265 g/mol. The predicted molar refractivity (Wildman–Crippen MR) is 65.5 cm³/mol. The number of para-hydroxylation sites is 1. The molecule has 3 N–H and O–H groups in total. The smallest absolute Gasteiger partial charge is 0.161 e. The summed E-state index contributed by atoms with van der Waals surface area (Å²) in [6.45, 7) is 0. The summed E-state index contributed by atoms with van der Waals surface area (Å²) in [6.07, 6.45) is 0. The van der Waals surface area contributed by atoms with Gasteiger partial charge in [0.1, 0.15) is 5.82 Å². The maximum absolute atomic E-state index is 13.4. The highest BCUT2D eigenvalue weighted by Gasteiger charge is 2.11. The Hall–Kier alpha value is -1.88. The highest BCUT2D eigenvalue weighted by atomic mass is 35.5. The lowest BCUT2D eigenvalue weighted by molar-refractivity contribution is 0.496. The van der Waals surface area contributed by atoms with E-state index in [1.54, 1.807) is 18.2 Å². The number of nitrogen functional groups attached to an aromatic ring is 1. The Labute approximate surface area is 106 Å². The Kier molecular flexibility index (Phi) is 3.34. The summed E-state index contributed by atoms with van der Waals surface area (Å²) in [7, 11) is 0. The van der Waals surface area contributed by atoms with Crippen molar-refractivity contribution in [3.8, 4) is 0 Å². The number of hydrogen-bond acceptors (Lipinski definition) is 2. The summed E-state index contributed by atoms with van der Waals surface area (Å²) in [5, 5.41) is 2.84. The van der Waals surface area contributed by atoms with E-state index in [1.807, 2.05) is 0 Å². The summed E-state index contributed by atoms with van der Waals surface area (Å²) in [5.74, 6) is -3.33. The number of hydrogen-bond donors (Lipinski definition) is 2. The van der Waals surface area contributed by atoms with Crippen molar-refractivity contribution >= 4 is 28.7 Å². The van der Waals surface area contributed by atoms with Crippen molar-refractivity contribution in [2.24, 2.45) is 0 Å². The molecule has 2 aromatic rings. The van der Waals surface area contributed by atoms with Gasteiger partial charge in [0.15, 0.2) is 11.6 Å². The fourth-order valence-corrected chi connectivity index (χ4v) is 1.58. The summed E-state index contributed by atoms with van der Waals surface area (Å²) in [6, 6.07) is 5.87. The van der Waals surface area contributed by atoms with Gasteiger partial charge in [0, 0.05) is 12.1 Å². The molecule has 0 heterocycles. The molecule has 0 aliphatic heterocycles. The molecule has 2 aromatic carbocycles. The van der Waals surface area contributed by atoms with Gasteiger partial charge in [-0.2, -0.15) is 0 Å². The van der Waals surface area contributed by atoms with Gasteiger partial charge in [-0.25, -0.2) is 13.2 Å². The Morgan fingerprint density at radius 2 is 1.61 bits per heavy atom. The molecule has 0 aliphatic carbocycles. The Balaban J connectivity index is 2.40. The topological polar surface area (TPSA) is 38.0 Å². The SMILES string of the molecule is Nc1c(Cl)cccc1Nc1cc(F)c(F)cc1F. The van der Waals surface area contributed by atoms with Crippen LogP contribution in [0.1, 0.15) is 0 Å². The standard InChI is InChI=1S/C12H8ClF3N2/c13-6-2-1-3-10(12(6)17)18-11-5-8(15)7(14)4-9(11)16/h1-5,18H,17H2. The van der Waals surface area contributed by atoms with Crippen LogP contribution in [-0.4, -0.2) is 0 Å². The van der Waals surface area contributed by atoms with Crippen molar-refractivity contribution in [1.29, 1.82) is 0 Å². The molecule has 0 atom stereocenters. The van der Waals surface area contributed by atoms with Crippen LogP contribution in [-0.2, 0) is 0 Å². The van der Waals surface area contributed by atoms with Crippen LogP contribution < -0.4 is 11.1 Å². The van der Waals surface area contributed by atoms with Crippen LogP contribution >= 0.6 is 11.6 Å². The second-order valence-electron chi connectivity index (χ2n) is 3.57. The van der Waals surface area contributed by atoms with Crippen molar-refractivity contribution < 1.29 is 13.2 Å². The van der Waals surface area contributed by atoms with E-state index in [2.05, 4.69) is 5.32 Å². The van der Waals surface area contributed by atoms with Crippen LogP contribution in [0.4, 0.5) is 30.2 Å². The van der Waals surface area contributed by atoms with Gasteiger partial charge in [0.05, 0.1) is 22.1 Å². The number of nitrogens with two attached hydrogens (primary N) is 1. The summed E-state index contributed by atoms with van der Waals surface area (Å²) in [5.41, 5.74) is 5.95. The second-order valence-corrected chi connectivity index (χ2v) is 3.98. The molecule has 0 saturated carbocycles. The van der Waals surface area contributed by atoms with Crippen LogP contribution in [0.25, 0.3) is 0 Å². The van der Waals surface area contributed by atoms with Gasteiger partial charge >= 0.3 is 0 Å². The van der Waals surface area contributed by atoms with Crippen LogP contribution in [0.3, 0.4) is 0 Å². The largest absolute Gasteiger partial charge is 0.396 e. The molecule has 2 rings (SSSR count). The zero-order chi connectivity index (χ0) is 13.3. The molecule has 0 unspecified atom stereocenters. The monoisotopic (exact) mass is 272 g/mol. The Morgan fingerprint density at radius 1 is 0.944 bits per heavy atom. The average Bonchev–Trinajstić information content (AvgIpc) is 2.32. The van der Waals surface area contributed by atoms with E-state index in [-0.39, 0.29) is 16.4 Å². The van der Waals surface area contributed by atoms with E-state index in [4.69, 9.17) is 17.3 Å². The minimum absolute atomic E-state index is 0.197. The lowest BCUT2D eigenvalue weighted by Gasteiger charge is -2.11. The van der Waals surface area contributed by atoms with Crippen molar-refractivity contribution in [2.75, 3.05) is 11.1 Å². The van der Waals surface area contributed by atoms with Gasteiger partial charge in [-0.1, -0.05) is 17.7 Å². The molecule has 0 radical (unpaired) electrons. The molecule has 2 nitrogen and oxygen atoms in total. The fraction of sp³-hybridized carbons (Fsp3) is 0.